The van der Waals surface area contributed by atoms with Crippen molar-refractivity contribution in [3.8, 4) is 5.75 Å². The molecular formula is C18H27NO3. The fourth-order valence-corrected chi connectivity index (χ4v) is 2.76. The van der Waals surface area contributed by atoms with E-state index in [9.17, 15) is 4.79 Å². The molecule has 0 saturated carbocycles. The van der Waals surface area contributed by atoms with E-state index in [-0.39, 0.29) is 11.9 Å². The zero-order valence-corrected chi connectivity index (χ0v) is 13.7. The highest BCUT2D eigenvalue weighted by molar-refractivity contribution is 5.72. The zero-order valence-electron chi connectivity index (χ0n) is 13.7. The van der Waals surface area contributed by atoms with Crippen LogP contribution < -0.4 is 4.74 Å². The van der Waals surface area contributed by atoms with Crippen molar-refractivity contribution in [3.05, 3.63) is 29.8 Å². The maximum Gasteiger partial charge on any atom is 0.309 e. The van der Waals surface area contributed by atoms with Gasteiger partial charge < -0.3 is 9.47 Å². The third-order valence-electron chi connectivity index (χ3n) is 4.01. The van der Waals surface area contributed by atoms with Crippen LogP contribution in [0.15, 0.2) is 24.3 Å². The Labute approximate surface area is 133 Å². The molecule has 1 saturated heterocycles. The molecule has 1 fully saturated rings. The van der Waals surface area contributed by atoms with Crippen LogP contribution in [0.3, 0.4) is 0 Å². The number of piperidine rings is 1. The van der Waals surface area contributed by atoms with Crippen LogP contribution in [0.1, 0.15) is 38.7 Å². The number of rotatable bonds is 7. The van der Waals surface area contributed by atoms with Crippen LogP contribution in [0, 0.1) is 5.92 Å². The molecule has 0 aromatic heterocycles. The number of likely N-dealkylation sites (tertiary alicyclic amines) is 1. The van der Waals surface area contributed by atoms with Crippen LogP contribution in [0.4, 0.5) is 0 Å². The molecule has 0 bridgehead atoms. The summed E-state index contributed by atoms with van der Waals surface area (Å²) in [7, 11) is 0. The number of benzene rings is 1. The molecule has 1 aromatic carbocycles. The first kappa shape index (κ1) is 16.8. The molecule has 0 aliphatic carbocycles. The topological polar surface area (TPSA) is 38.8 Å². The van der Waals surface area contributed by atoms with Gasteiger partial charge in [0, 0.05) is 6.54 Å². The maximum atomic E-state index is 11.7. The van der Waals surface area contributed by atoms with E-state index in [4.69, 9.17) is 9.47 Å². The maximum absolute atomic E-state index is 11.7. The SMILES string of the molecule is CCCOc1ccc(CN2CCC(C(=O)OCC)CC2)cc1. The van der Waals surface area contributed by atoms with Crippen molar-refractivity contribution in [1.82, 2.24) is 4.90 Å². The van der Waals surface area contributed by atoms with Crippen LogP contribution >= 0.6 is 0 Å². The van der Waals surface area contributed by atoms with E-state index in [1.807, 2.05) is 19.1 Å². The second-order valence-corrected chi connectivity index (χ2v) is 5.79. The lowest BCUT2D eigenvalue weighted by molar-refractivity contribution is -0.149. The van der Waals surface area contributed by atoms with Crippen molar-refractivity contribution in [2.24, 2.45) is 5.92 Å². The average Bonchev–Trinajstić information content (AvgIpc) is 2.55. The summed E-state index contributed by atoms with van der Waals surface area (Å²) in [6.45, 7) is 8.06. The third kappa shape index (κ3) is 5.02. The molecule has 0 N–H and O–H groups in total. The highest BCUT2D eigenvalue weighted by atomic mass is 16.5. The summed E-state index contributed by atoms with van der Waals surface area (Å²) >= 11 is 0. The first-order valence-electron chi connectivity index (χ1n) is 8.33. The molecule has 0 unspecified atom stereocenters. The van der Waals surface area contributed by atoms with E-state index in [0.717, 1.165) is 51.3 Å². The summed E-state index contributed by atoms with van der Waals surface area (Å²) in [5, 5.41) is 0. The predicted molar refractivity (Wildman–Crippen MR) is 86.9 cm³/mol. The second-order valence-electron chi connectivity index (χ2n) is 5.79. The van der Waals surface area contributed by atoms with Gasteiger partial charge in [0.2, 0.25) is 0 Å². The first-order valence-corrected chi connectivity index (χ1v) is 8.33. The number of hydrogen-bond acceptors (Lipinski definition) is 4. The number of esters is 1. The summed E-state index contributed by atoms with van der Waals surface area (Å²) in [4.78, 5) is 14.1. The van der Waals surface area contributed by atoms with Gasteiger partial charge in [-0.1, -0.05) is 19.1 Å². The molecule has 0 radical (unpaired) electrons. The lowest BCUT2D eigenvalue weighted by Crippen LogP contribution is -2.36. The van der Waals surface area contributed by atoms with Crippen LogP contribution in [-0.4, -0.2) is 37.2 Å². The predicted octanol–water partition coefficient (Wildman–Crippen LogP) is 3.25. The Morgan fingerprint density at radius 1 is 1.18 bits per heavy atom. The minimum absolute atomic E-state index is 0.0282. The standard InChI is InChI=1S/C18H27NO3/c1-3-13-22-17-7-5-15(6-8-17)14-19-11-9-16(10-12-19)18(20)21-4-2/h5-8,16H,3-4,9-14H2,1-2H3. The van der Waals surface area contributed by atoms with Gasteiger partial charge in [-0.3, -0.25) is 9.69 Å². The highest BCUT2D eigenvalue weighted by Crippen LogP contribution is 2.21. The Kier molecular flexibility index (Phi) is 6.72. The molecule has 1 aliphatic heterocycles. The molecule has 122 valence electrons. The second kappa shape index (κ2) is 8.79. The first-order chi connectivity index (χ1) is 10.7. The van der Waals surface area contributed by atoms with E-state index < -0.39 is 0 Å². The molecular weight excluding hydrogens is 278 g/mol. The molecule has 4 nitrogen and oxygen atoms in total. The summed E-state index contributed by atoms with van der Waals surface area (Å²) in [6.07, 6.45) is 2.82. The molecule has 2 rings (SSSR count). The molecule has 0 amide bonds. The minimum atomic E-state index is -0.0282. The van der Waals surface area contributed by atoms with Crippen LogP contribution in [-0.2, 0) is 16.1 Å². The largest absolute Gasteiger partial charge is 0.494 e. The fourth-order valence-electron chi connectivity index (χ4n) is 2.76. The summed E-state index contributed by atoms with van der Waals surface area (Å²) < 4.78 is 10.7. The summed E-state index contributed by atoms with van der Waals surface area (Å²) in [5.74, 6) is 0.993. The third-order valence-corrected chi connectivity index (χ3v) is 4.01. The Morgan fingerprint density at radius 2 is 1.86 bits per heavy atom. The Hall–Kier alpha value is -1.55. The average molecular weight is 305 g/mol. The Morgan fingerprint density at radius 3 is 2.45 bits per heavy atom. The smallest absolute Gasteiger partial charge is 0.309 e. The highest BCUT2D eigenvalue weighted by Gasteiger charge is 2.25. The molecule has 0 atom stereocenters. The number of carbonyl (C=O) groups excluding carboxylic acids is 1. The van der Waals surface area contributed by atoms with Gasteiger partial charge in [-0.2, -0.15) is 0 Å². The fraction of sp³-hybridized carbons (Fsp3) is 0.611. The van der Waals surface area contributed by atoms with Crippen molar-refractivity contribution >= 4 is 5.97 Å². The minimum Gasteiger partial charge on any atom is -0.494 e. The van der Waals surface area contributed by atoms with Crippen molar-refractivity contribution in [3.63, 3.8) is 0 Å². The monoisotopic (exact) mass is 305 g/mol. The molecule has 1 heterocycles. The molecule has 1 aromatic rings. The number of hydrogen-bond donors (Lipinski definition) is 0. The Bertz CT molecular complexity index is 450. The van der Waals surface area contributed by atoms with Gasteiger partial charge in [0.05, 0.1) is 19.1 Å². The van der Waals surface area contributed by atoms with E-state index in [1.165, 1.54) is 5.56 Å². The van der Waals surface area contributed by atoms with Crippen molar-refractivity contribution in [2.45, 2.75) is 39.7 Å². The van der Waals surface area contributed by atoms with E-state index in [0.29, 0.717) is 6.61 Å². The normalized spacial score (nSPS) is 16.5. The van der Waals surface area contributed by atoms with Gasteiger partial charge in [-0.05, 0) is 57.0 Å². The number of nitrogens with zero attached hydrogens (tertiary/aromatic N) is 1. The van der Waals surface area contributed by atoms with Crippen LogP contribution in [0.2, 0.25) is 0 Å². The van der Waals surface area contributed by atoms with Gasteiger partial charge in [0.15, 0.2) is 0 Å². The van der Waals surface area contributed by atoms with Crippen LogP contribution in [0.5, 0.6) is 5.75 Å². The number of ether oxygens (including phenoxy) is 2. The van der Waals surface area contributed by atoms with Gasteiger partial charge in [0.25, 0.3) is 0 Å². The summed E-state index contributed by atoms with van der Waals surface area (Å²) in [6, 6.07) is 8.33. The lowest BCUT2D eigenvalue weighted by Gasteiger charge is -2.30. The quantitative estimate of drug-likeness (QED) is 0.725. The van der Waals surface area contributed by atoms with E-state index >= 15 is 0 Å². The molecule has 22 heavy (non-hydrogen) atoms. The Balaban J connectivity index is 1.77. The zero-order chi connectivity index (χ0) is 15.8. The van der Waals surface area contributed by atoms with Gasteiger partial charge >= 0.3 is 5.97 Å². The van der Waals surface area contributed by atoms with Gasteiger partial charge in [0.1, 0.15) is 5.75 Å². The van der Waals surface area contributed by atoms with Crippen molar-refractivity contribution < 1.29 is 14.3 Å². The molecule has 0 spiro atoms. The summed E-state index contributed by atoms with van der Waals surface area (Å²) in [5.41, 5.74) is 1.29. The molecule has 1 aliphatic rings. The van der Waals surface area contributed by atoms with Crippen molar-refractivity contribution in [2.75, 3.05) is 26.3 Å². The van der Waals surface area contributed by atoms with Crippen LogP contribution in [0.25, 0.3) is 0 Å². The number of carbonyl (C=O) groups is 1. The van der Waals surface area contributed by atoms with E-state index in [2.05, 4.69) is 24.0 Å². The lowest BCUT2D eigenvalue weighted by atomic mass is 9.96. The van der Waals surface area contributed by atoms with E-state index in [1.54, 1.807) is 0 Å². The van der Waals surface area contributed by atoms with Gasteiger partial charge in [-0.25, -0.2) is 0 Å². The molecule has 4 heteroatoms. The van der Waals surface area contributed by atoms with Gasteiger partial charge in [-0.15, -0.1) is 0 Å². The van der Waals surface area contributed by atoms with Crippen molar-refractivity contribution in [1.29, 1.82) is 0 Å².